The Labute approximate surface area is 212 Å². The molecule has 2 N–H and O–H groups in total. The fraction of sp³-hybridized carbons (Fsp3) is 0.0870. The molecule has 0 fully saturated rings. The lowest BCUT2D eigenvalue weighted by molar-refractivity contribution is -0.0436. The van der Waals surface area contributed by atoms with E-state index in [1.54, 1.807) is 18.2 Å². The van der Waals surface area contributed by atoms with Crippen LogP contribution >= 0.6 is 11.6 Å². The number of halogens is 4. The second-order valence-corrected chi connectivity index (χ2v) is 10.1. The van der Waals surface area contributed by atoms with Crippen molar-refractivity contribution in [3.8, 4) is 11.6 Å². The van der Waals surface area contributed by atoms with Gasteiger partial charge in [0.1, 0.15) is 5.82 Å². The van der Waals surface area contributed by atoms with Crippen LogP contribution in [0.15, 0.2) is 82.7 Å². The molecule has 0 radical (unpaired) electrons. The molecule has 4 rings (SSSR count). The molecule has 14 heteroatoms. The van der Waals surface area contributed by atoms with Crippen molar-refractivity contribution < 1.29 is 31.5 Å². The summed E-state index contributed by atoms with van der Waals surface area (Å²) in [6, 6.07) is 12.6. The zero-order valence-corrected chi connectivity index (χ0v) is 20.0. The summed E-state index contributed by atoms with van der Waals surface area (Å²) in [5, 5.41) is 13.4. The minimum absolute atomic E-state index is 0.0481. The third-order valence-corrected chi connectivity index (χ3v) is 6.93. The normalized spacial score (nSPS) is 11.9. The molecule has 37 heavy (non-hydrogen) atoms. The molecule has 2 heterocycles. The number of sulfone groups is 1. The Hall–Kier alpha value is -4.10. The zero-order valence-electron chi connectivity index (χ0n) is 18.5. The minimum Gasteiger partial charge on any atom is -0.493 e. The predicted octanol–water partition coefficient (Wildman–Crippen LogP) is 3.99. The van der Waals surface area contributed by atoms with Crippen LogP contribution in [-0.4, -0.2) is 39.1 Å². The summed E-state index contributed by atoms with van der Waals surface area (Å²) >= 11 is 5.82. The van der Waals surface area contributed by atoms with E-state index < -0.39 is 37.7 Å². The Morgan fingerprint density at radius 2 is 1.70 bits per heavy atom. The van der Waals surface area contributed by atoms with Gasteiger partial charge in [-0.15, -0.1) is 0 Å². The smallest absolute Gasteiger partial charge is 0.493 e. The van der Waals surface area contributed by atoms with E-state index in [1.165, 1.54) is 24.4 Å². The number of hydrogen-bond donors (Lipinski definition) is 2. The van der Waals surface area contributed by atoms with E-state index in [4.69, 9.17) is 11.6 Å². The van der Waals surface area contributed by atoms with E-state index in [-0.39, 0.29) is 18.1 Å². The summed E-state index contributed by atoms with van der Waals surface area (Å²) in [7, 11) is -5.56. The van der Waals surface area contributed by atoms with Crippen LogP contribution in [0.5, 0.6) is 5.88 Å². The molecule has 0 spiro atoms. The summed E-state index contributed by atoms with van der Waals surface area (Å²) in [6.45, 7) is -0.0493. The topological polar surface area (TPSA) is 123 Å². The first-order valence-electron chi connectivity index (χ1n) is 10.3. The lowest BCUT2D eigenvalue weighted by Crippen LogP contribution is -2.24. The predicted molar refractivity (Wildman–Crippen MR) is 128 cm³/mol. The Morgan fingerprint density at radius 3 is 2.32 bits per heavy atom. The van der Waals surface area contributed by atoms with Gasteiger partial charge in [-0.25, -0.2) is 22.8 Å². The molecular formula is C23H16ClF3N4O5S. The highest BCUT2D eigenvalue weighted by atomic mass is 35.5. The molecule has 0 unspecified atom stereocenters. The van der Waals surface area contributed by atoms with Crippen LogP contribution in [0.1, 0.15) is 15.9 Å². The highest BCUT2D eigenvalue weighted by Gasteiger charge is 2.46. The number of aromatic hydroxyl groups is 1. The molecule has 0 aliphatic carbocycles. The van der Waals surface area contributed by atoms with E-state index in [2.05, 4.69) is 10.3 Å². The number of amides is 1. The zero-order chi connectivity index (χ0) is 27.0. The van der Waals surface area contributed by atoms with Gasteiger partial charge >= 0.3 is 11.2 Å². The summed E-state index contributed by atoms with van der Waals surface area (Å²) in [6.07, 6.45) is 2.52. The average molecular weight is 553 g/mol. The Kier molecular flexibility index (Phi) is 6.84. The fourth-order valence-corrected chi connectivity index (χ4v) is 4.26. The Balaban J connectivity index is 1.55. The van der Waals surface area contributed by atoms with Crippen LogP contribution in [0, 0.1) is 0 Å². The van der Waals surface area contributed by atoms with Crippen molar-refractivity contribution in [1.29, 1.82) is 0 Å². The summed E-state index contributed by atoms with van der Waals surface area (Å²) in [5.74, 6) is -0.754. The molecule has 192 valence electrons. The van der Waals surface area contributed by atoms with Crippen molar-refractivity contribution in [2.75, 3.05) is 5.32 Å². The van der Waals surface area contributed by atoms with Gasteiger partial charge in [-0.2, -0.15) is 13.2 Å². The number of nitrogens with zero attached hydrogens (tertiary/aromatic N) is 3. The number of alkyl halides is 3. The number of aromatic nitrogens is 3. The van der Waals surface area contributed by atoms with E-state index in [0.29, 0.717) is 28.3 Å². The Bertz CT molecular complexity index is 1630. The molecule has 0 aliphatic rings. The monoisotopic (exact) mass is 552 g/mol. The van der Waals surface area contributed by atoms with Crippen LogP contribution in [0.4, 0.5) is 19.0 Å². The first-order valence-corrected chi connectivity index (χ1v) is 12.2. The van der Waals surface area contributed by atoms with Gasteiger partial charge in [0.2, 0.25) is 5.88 Å². The van der Waals surface area contributed by atoms with Gasteiger partial charge in [-0.3, -0.25) is 9.36 Å². The third kappa shape index (κ3) is 5.37. The van der Waals surface area contributed by atoms with E-state index >= 15 is 0 Å². The van der Waals surface area contributed by atoms with Gasteiger partial charge < -0.3 is 10.4 Å². The molecule has 0 bridgehead atoms. The number of hydrogen-bond acceptors (Lipinski definition) is 6. The number of carbonyl (C=O) groups is 1. The van der Waals surface area contributed by atoms with Gasteiger partial charge in [-0.1, -0.05) is 11.6 Å². The summed E-state index contributed by atoms with van der Waals surface area (Å²) in [4.78, 5) is 28.4. The van der Waals surface area contributed by atoms with Gasteiger partial charge in [-0.05, 0) is 66.2 Å². The molecule has 9 nitrogen and oxygen atoms in total. The maximum atomic E-state index is 12.9. The molecule has 1 amide bonds. The Morgan fingerprint density at radius 1 is 1.05 bits per heavy atom. The lowest BCUT2D eigenvalue weighted by Gasteiger charge is -2.09. The number of nitrogens with one attached hydrogen (secondary N) is 1. The van der Waals surface area contributed by atoms with Crippen molar-refractivity contribution in [3.05, 3.63) is 99.7 Å². The standard InChI is InChI=1S/C23H16ClF3N4O5S/c24-16-3-1-15(2-4-16)21(33)29-19-11-14(9-10-28-19)12-30-13-20(32)31(22(30)34)17-5-7-18(8-6-17)37(35,36)23(25,26)27/h1-11,13,32H,12H2,(H,28,29,33). The highest BCUT2D eigenvalue weighted by Crippen LogP contribution is 2.30. The maximum absolute atomic E-state index is 12.9. The van der Waals surface area contributed by atoms with Crippen molar-refractivity contribution in [3.63, 3.8) is 0 Å². The van der Waals surface area contributed by atoms with Crippen molar-refractivity contribution in [2.45, 2.75) is 16.9 Å². The highest BCUT2D eigenvalue weighted by molar-refractivity contribution is 7.92. The van der Waals surface area contributed by atoms with E-state index in [0.717, 1.165) is 27.5 Å². The molecule has 0 atom stereocenters. The van der Waals surface area contributed by atoms with Crippen molar-refractivity contribution >= 4 is 33.2 Å². The fourth-order valence-electron chi connectivity index (χ4n) is 3.37. The quantitative estimate of drug-likeness (QED) is 0.373. The molecule has 2 aromatic carbocycles. The van der Waals surface area contributed by atoms with Gasteiger partial charge in [0, 0.05) is 16.8 Å². The summed E-state index contributed by atoms with van der Waals surface area (Å²) < 4.78 is 63.3. The molecule has 0 saturated carbocycles. The first-order chi connectivity index (χ1) is 17.4. The van der Waals surface area contributed by atoms with Gasteiger partial charge in [0.05, 0.1) is 23.3 Å². The van der Waals surface area contributed by atoms with Gasteiger partial charge in [0.15, 0.2) is 0 Å². The van der Waals surface area contributed by atoms with Crippen LogP contribution < -0.4 is 11.0 Å². The summed E-state index contributed by atoms with van der Waals surface area (Å²) in [5.41, 5.74) is -5.38. The van der Waals surface area contributed by atoms with Gasteiger partial charge in [0.25, 0.3) is 15.7 Å². The second-order valence-electron chi connectivity index (χ2n) is 7.69. The molecular weight excluding hydrogens is 537 g/mol. The van der Waals surface area contributed by atoms with E-state index in [9.17, 15) is 36.3 Å². The van der Waals surface area contributed by atoms with Crippen LogP contribution in [0.3, 0.4) is 0 Å². The second kappa shape index (κ2) is 9.75. The van der Waals surface area contributed by atoms with Crippen LogP contribution in [0.25, 0.3) is 5.69 Å². The number of benzene rings is 2. The van der Waals surface area contributed by atoms with Crippen molar-refractivity contribution in [2.24, 2.45) is 0 Å². The largest absolute Gasteiger partial charge is 0.501 e. The maximum Gasteiger partial charge on any atom is 0.501 e. The number of carbonyl (C=O) groups excluding carboxylic acids is 1. The lowest BCUT2D eigenvalue weighted by atomic mass is 10.2. The number of pyridine rings is 1. The first kappa shape index (κ1) is 26.0. The number of anilines is 1. The third-order valence-electron chi connectivity index (χ3n) is 5.17. The molecule has 2 aromatic heterocycles. The van der Waals surface area contributed by atoms with E-state index in [1.807, 2.05) is 0 Å². The number of imidazole rings is 1. The molecule has 0 aliphatic heterocycles. The van der Waals surface area contributed by atoms with Crippen LogP contribution in [0.2, 0.25) is 5.02 Å². The molecule has 0 saturated heterocycles. The average Bonchev–Trinajstić information content (AvgIpc) is 3.11. The van der Waals surface area contributed by atoms with Crippen LogP contribution in [-0.2, 0) is 16.4 Å². The molecule has 4 aromatic rings. The number of rotatable bonds is 6. The SMILES string of the molecule is O=C(Nc1cc(Cn2cc(O)n(-c3ccc(S(=O)(=O)C(F)(F)F)cc3)c2=O)ccn1)c1ccc(Cl)cc1. The van der Waals surface area contributed by atoms with Crippen molar-refractivity contribution in [1.82, 2.24) is 14.1 Å². The minimum atomic E-state index is -5.56.